The quantitative estimate of drug-likeness (QED) is 0.665. The SMILES string of the molecule is CC[C@@H]1c2ccsc2CCN1Cn1nc2nc(C)cc(C)n2c1=S. The van der Waals surface area contributed by atoms with Gasteiger partial charge in [-0.15, -0.1) is 16.4 Å². The van der Waals surface area contributed by atoms with E-state index in [0.29, 0.717) is 18.5 Å². The van der Waals surface area contributed by atoms with Gasteiger partial charge in [0.15, 0.2) is 0 Å². The molecule has 24 heavy (non-hydrogen) atoms. The molecular formula is C17H21N5S2. The van der Waals surface area contributed by atoms with Crippen molar-refractivity contribution in [2.45, 2.75) is 46.3 Å². The van der Waals surface area contributed by atoms with E-state index in [1.807, 2.05) is 33.4 Å². The topological polar surface area (TPSA) is 38.4 Å². The second-order valence-corrected chi connectivity index (χ2v) is 7.75. The normalized spacial score (nSPS) is 18.2. The Morgan fingerprint density at radius 2 is 2.21 bits per heavy atom. The molecule has 0 amide bonds. The molecule has 3 aromatic heterocycles. The molecule has 3 aromatic rings. The van der Waals surface area contributed by atoms with Gasteiger partial charge in [-0.1, -0.05) is 6.92 Å². The number of hydrogen-bond donors (Lipinski definition) is 0. The summed E-state index contributed by atoms with van der Waals surface area (Å²) < 4.78 is 4.61. The Labute approximate surface area is 150 Å². The lowest BCUT2D eigenvalue weighted by Gasteiger charge is -2.34. The van der Waals surface area contributed by atoms with E-state index in [1.165, 1.54) is 10.4 Å². The average molecular weight is 360 g/mol. The van der Waals surface area contributed by atoms with Gasteiger partial charge in [0.05, 0.1) is 6.67 Å². The van der Waals surface area contributed by atoms with Crippen molar-refractivity contribution in [3.63, 3.8) is 0 Å². The zero-order chi connectivity index (χ0) is 16.8. The molecule has 4 heterocycles. The lowest BCUT2D eigenvalue weighted by atomic mass is 9.98. The van der Waals surface area contributed by atoms with Crippen LogP contribution in [0.2, 0.25) is 0 Å². The van der Waals surface area contributed by atoms with E-state index in [1.54, 1.807) is 0 Å². The van der Waals surface area contributed by atoms with Crippen molar-refractivity contribution >= 4 is 29.3 Å². The molecule has 1 atom stereocenters. The van der Waals surface area contributed by atoms with Crippen LogP contribution in [0.15, 0.2) is 17.5 Å². The summed E-state index contributed by atoms with van der Waals surface area (Å²) in [5.74, 6) is 0.693. The Morgan fingerprint density at radius 1 is 1.38 bits per heavy atom. The third kappa shape index (κ3) is 2.51. The predicted octanol–water partition coefficient (Wildman–Crippen LogP) is 3.91. The van der Waals surface area contributed by atoms with Crippen molar-refractivity contribution in [2.75, 3.05) is 6.54 Å². The van der Waals surface area contributed by atoms with Gasteiger partial charge in [-0.3, -0.25) is 9.30 Å². The molecule has 0 fully saturated rings. The molecule has 1 aliphatic rings. The molecule has 0 saturated heterocycles. The van der Waals surface area contributed by atoms with Crippen molar-refractivity contribution in [3.05, 3.63) is 44.1 Å². The molecule has 7 heteroatoms. The molecule has 0 aliphatic carbocycles. The van der Waals surface area contributed by atoms with Gasteiger partial charge >= 0.3 is 0 Å². The molecule has 0 saturated carbocycles. The molecular weight excluding hydrogens is 338 g/mol. The van der Waals surface area contributed by atoms with Crippen molar-refractivity contribution in [1.82, 2.24) is 24.1 Å². The van der Waals surface area contributed by atoms with Gasteiger partial charge < -0.3 is 0 Å². The summed E-state index contributed by atoms with van der Waals surface area (Å²) in [5, 5.41) is 6.88. The molecule has 0 N–H and O–H groups in total. The first-order valence-electron chi connectivity index (χ1n) is 8.32. The summed E-state index contributed by atoms with van der Waals surface area (Å²) in [6.45, 7) is 8.06. The minimum atomic E-state index is 0.447. The van der Waals surface area contributed by atoms with E-state index in [-0.39, 0.29) is 0 Å². The van der Waals surface area contributed by atoms with E-state index < -0.39 is 0 Å². The van der Waals surface area contributed by atoms with E-state index in [9.17, 15) is 0 Å². The van der Waals surface area contributed by atoms with E-state index in [2.05, 4.69) is 40.3 Å². The maximum Gasteiger partial charge on any atom is 0.254 e. The van der Waals surface area contributed by atoms with Crippen molar-refractivity contribution in [2.24, 2.45) is 0 Å². The van der Waals surface area contributed by atoms with E-state index >= 15 is 0 Å². The maximum atomic E-state index is 5.66. The lowest BCUT2D eigenvalue weighted by Crippen LogP contribution is -2.36. The zero-order valence-electron chi connectivity index (χ0n) is 14.2. The lowest BCUT2D eigenvalue weighted by molar-refractivity contribution is 0.130. The molecule has 0 radical (unpaired) electrons. The van der Waals surface area contributed by atoms with Gasteiger partial charge in [-0.2, -0.15) is 0 Å². The summed E-state index contributed by atoms with van der Waals surface area (Å²) in [5.41, 5.74) is 3.54. The van der Waals surface area contributed by atoms with E-state index in [0.717, 1.165) is 35.5 Å². The summed E-state index contributed by atoms with van der Waals surface area (Å²) in [6.07, 6.45) is 2.21. The summed E-state index contributed by atoms with van der Waals surface area (Å²) >= 11 is 7.54. The third-order valence-electron chi connectivity index (χ3n) is 4.78. The second-order valence-electron chi connectivity index (χ2n) is 6.38. The molecule has 4 rings (SSSR count). The monoisotopic (exact) mass is 359 g/mol. The molecule has 1 aliphatic heterocycles. The maximum absolute atomic E-state index is 5.66. The second kappa shape index (κ2) is 6.06. The minimum Gasteiger partial charge on any atom is -0.277 e. The summed E-state index contributed by atoms with van der Waals surface area (Å²) in [7, 11) is 0. The Kier molecular flexibility index (Phi) is 4.02. The van der Waals surface area contributed by atoms with Gasteiger partial charge in [-0.25, -0.2) is 9.67 Å². The number of hydrogen-bond acceptors (Lipinski definition) is 5. The van der Waals surface area contributed by atoms with Crippen LogP contribution in [0.4, 0.5) is 0 Å². The van der Waals surface area contributed by atoms with Gasteiger partial charge in [-0.05, 0) is 62.0 Å². The Morgan fingerprint density at radius 3 is 3.00 bits per heavy atom. The van der Waals surface area contributed by atoms with Crippen LogP contribution in [0.25, 0.3) is 5.78 Å². The summed E-state index contributed by atoms with van der Waals surface area (Å²) in [6, 6.07) is 4.77. The standard InChI is InChI=1S/C17H21N5S2/c1-4-14-13-6-8-24-15(13)5-7-20(14)10-21-17(23)22-12(3)9-11(2)18-16(22)19-21/h6,8-9,14H,4-5,7,10H2,1-3H3/t14-/m1/s1. The van der Waals surface area contributed by atoms with Gasteiger partial charge in [0.1, 0.15) is 0 Å². The Balaban J connectivity index is 1.71. The van der Waals surface area contributed by atoms with Crippen LogP contribution in [0.3, 0.4) is 0 Å². The highest BCUT2D eigenvalue weighted by molar-refractivity contribution is 7.71. The molecule has 5 nitrogen and oxygen atoms in total. The van der Waals surface area contributed by atoms with Gasteiger partial charge in [0.25, 0.3) is 5.78 Å². The van der Waals surface area contributed by atoms with Crippen LogP contribution in [-0.2, 0) is 13.1 Å². The van der Waals surface area contributed by atoms with Crippen LogP contribution in [0, 0.1) is 18.6 Å². The molecule has 0 unspecified atom stereocenters. The summed E-state index contributed by atoms with van der Waals surface area (Å²) in [4.78, 5) is 8.54. The van der Waals surface area contributed by atoms with Gasteiger partial charge in [0.2, 0.25) is 4.77 Å². The van der Waals surface area contributed by atoms with Crippen LogP contribution >= 0.6 is 23.6 Å². The third-order valence-corrected chi connectivity index (χ3v) is 6.17. The van der Waals surface area contributed by atoms with Crippen LogP contribution in [0.5, 0.6) is 0 Å². The van der Waals surface area contributed by atoms with Gasteiger partial charge in [0, 0.05) is 28.9 Å². The molecule has 0 spiro atoms. The highest BCUT2D eigenvalue weighted by Crippen LogP contribution is 2.35. The number of thiophene rings is 1. The number of aromatic nitrogens is 4. The molecule has 0 aromatic carbocycles. The van der Waals surface area contributed by atoms with Crippen molar-refractivity contribution in [1.29, 1.82) is 0 Å². The van der Waals surface area contributed by atoms with E-state index in [4.69, 9.17) is 12.2 Å². The first kappa shape index (κ1) is 15.9. The molecule has 126 valence electrons. The van der Waals surface area contributed by atoms with Crippen LogP contribution < -0.4 is 0 Å². The fourth-order valence-corrected chi connectivity index (χ4v) is 4.95. The smallest absolute Gasteiger partial charge is 0.254 e. The number of aryl methyl sites for hydroxylation is 2. The van der Waals surface area contributed by atoms with Crippen LogP contribution in [-0.4, -0.2) is 30.6 Å². The fraction of sp³-hybridized carbons (Fsp3) is 0.471. The van der Waals surface area contributed by atoms with Crippen molar-refractivity contribution < 1.29 is 0 Å². The number of rotatable bonds is 3. The number of nitrogens with zero attached hydrogens (tertiary/aromatic N) is 5. The first-order chi connectivity index (χ1) is 11.6. The fourth-order valence-electron chi connectivity index (χ4n) is 3.69. The average Bonchev–Trinajstić information content (AvgIpc) is 3.12. The Bertz CT molecular complexity index is 952. The Hall–Kier alpha value is -1.57. The number of fused-ring (bicyclic) bond motifs is 2. The first-order valence-corrected chi connectivity index (χ1v) is 9.61. The zero-order valence-corrected chi connectivity index (χ0v) is 15.8. The largest absolute Gasteiger partial charge is 0.277 e. The van der Waals surface area contributed by atoms with Crippen LogP contribution in [0.1, 0.15) is 41.2 Å². The molecule has 0 bridgehead atoms. The highest BCUT2D eigenvalue weighted by Gasteiger charge is 2.27. The predicted molar refractivity (Wildman–Crippen MR) is 99.0 cm³/mol. The minimum absolute atomic E-state index is 0.447. The van der Waals surface area contributed by atoms with Crippen molar-refractivity contribution in [3.8, 4) is 0 Å². The highest BCUT2D eigenvalue weighted by atomic mass is 32.1.